The molecule has 4 rings (SSSR count). The molecule has 42 heavy (non-hydrogen) atoms. The predicted octanol–water partition coefficient (Wildman–Crippen LogP) is 3.68. The molecule has 2 amide bonds. The Balaban J connectivity index is 1.87. The molecule has 0 radical (unpaired) electrons. The van der Waals surface area contributed by atoms with E-state index in [0.29, 0.717) is 25.7 Å². The first-order valence-electron chi connectivity index (χ1n) is 14.0. The number of nitrogens with zero attached hydrogens (tertiary/aromatic N) is 3. The molecule has 2 aliphatic rings. The minimum Gasteiger partial charge on any atom is -0.447 e. The van der Waals surface area contributed by atoms with Crippen molar-refractivity contribution >= 4 is 49.4 Å². The van der Waals surface area contributed by atoms with E-state index in [1.165, 1.54) is 29.2 Å². The zero-order valence-corrected chi connectivity index (χ0v) is 26.0. The summed E-state index contributed by atoms with van der Waals surface area (Å²) in [6.07, 6.45) is 1.10. The molecule has 2 aliphatic heterocycles. The number of thiocarbonyl (C=S) groups is 1. The molecule has 0 bridgehead atoms. The molecule has 0 unspecified atom stereocenters. The Kier molecular flexibility index (Phi) is 10.2. The molecule has 2 aromatic carbocycles. The second-order valence-electron chi connectivity index (χ2n) is 10.2. The molecular formula is C28H36N4O7S3. The predicted molar refractivity (Wildman–Crippen MR) is 160 cm³/mol. The highest BCUT2D eigenvalue weighted by Gasteiger charge is 2.56. The highest BCUT2D eigenvalue weighted by atomic mass is 32.2. The third-order valence-electron chi connectivity index (χ3n) is 7.32. The molecule has 0 aliphatic carbocycles. The molecule has 0 saturated carbocycles. The SMILES string of the molecule is CCCC[C@@H](NS(=O)(=O)c1ccccc1)N1C(=S)N(S(=O)(=O)c2ccccc2)[C@@H](CCCC)[C@@H]1C(=O)N1CCOC1=O. The number of rotatable bonds is 13. The minimum atomic E-state index is -4.27. The quantitative estimate of drug-likeness (QED) is 0.327. The van der Waals surface area contributed by atoms with Gasteiger partial charge in [0, 0.05) is 0 Å². The van der Waals surface area contributed by atoms with Gasteiger partial charge in [0.05, 0.1) is 28.5 Å². The molecule has 14 heteroatoms. The van der Waals surface area contributed by atoms with E-state index in [1.54, 1.807) is 36.4 Å². The lowest BCUT2D eigenvalue weighted by Gasteiger charge is -2.35. The van der Waals surface area contributed by atoms with Gasteiger partial charge in [-0.3, -0.25) is 4.79 Å². The van der Waals surface area contributed by atoms with Crippen LogP contribution in [0.25, 0.3) is 0 Å². The molecule has 11 nitrogen and oxygen atoms in total. The Hall–Kier alpha value is -3.07. The monoisotopic (exact) mass is 636 g/mol. The summed E-state index contributed by atoms with van der Waals surface area (Å²) in [5.74, 6) is -0.688. The van der Waals surface area contributed by atoms with Crippen molar-refractivity contribution in [2.45, 2.75) is 80.4 Å². The Morgan fingerprint density at radius 2 is 1.57 bits per heavy atom. The zero-order valence-electron chi connectivity index (χ0n) is 23.6. The Labute approximate surface area is 252 Å². The van der Waals surface area contributed by atoms with E-state index in [2.05, 4.69) is 4.72 Å². The number of ether oxygens (including phenoxy) is 1. The van der Waals surface area contributed by atoms with Gasteiger partial charge in [-0.1, -0.05) is 75.9 Å². The first-order valence-corrected chi connectivity index (χ1v) is 17.3. The molecule has 3 atom stereocenters. The van der Waals surface area contributed by atoms with E-state index in [-0.39, 0.29) is 40.9 Å². The maximum Gasteiger partial charge on any atom is 0.416 e. The smallest absolute Gasteiger partial charge is 0.416 e. The van der Waals surface area contributed by atoms with Crippen LogP contribution in [-0.4, -0.2) is 79.5 Å². The van der Waals surface area contributed by atoms with Gasteiger partial charge < -0.3 is 9.64 Å². The normalized spacial score (nSPS) is 20.2. The zero-order chi connectivity index (χ0) is 30.5. The van der Waals surface area contributed by atoms with E-state index in [1.807, 2.05) is 13.8 Å². The number of nitrogens with one attached hydrogen (secondary N) is 1. The van der Waals surface area contributed by atoms with Gasteiger partial charge in [0.2, 0.25) is 10.0 Å². The molecule has 2 saturated heterocycles. The molecular weight excluding hydrogens is 601 g/mol. The van der Waals surface area contributed by atoms with Gasteiger partial charge in [0.25, 0.3) is 15.9 Å². The molecule has 2 aromatic rings. The summed E-state index contributed by atoms with van der Waals surface area (Å²) in [6.45, 7) is 3.88. The van der Waals surface area contributed by atoms with Crippen LogP contribution in [0, 0.1) is 0 Å². The first kappa shape index (κ1) is 31.9. The Morgan fingerprint density at radius 1 is 0.976 bits per heavy atom. The third-order valence-corrected chi connectivity index (χ3v) is 11.1. The number of hydrogen-bond acceptors (Lipinski definition) is 8. The largest absolute Gasteiger partial charge is 0.447 e. The van der Waals surface area contributed by atoms with Gasteiger partial charge in [-0.15, -0.1) is 0 Å². The van der Waals surface area contributed by atoms with E-state index in [0.717, 1.165) is 9.21 Å². The fourth-order valence-electron chi connectivity index (χ4n) is 5.23. The van der Waals surface area contributed by atoms with Crippen molar-refractivity contribution in [2.75, 3.05) is 13.2 Å². The van der Waals surface area contributed by atoms with Gasteiger partial charge >= 0.3 is 6.09 Å². The van der Waals surface area contributed by atoms with Crippen molar-refractivity contribution in [2.24, 2.45) is 0 Å². The highest BCUT2D eigenvalue weighted by molar-refractivity contribution is 7.91. The average molecular weight is 637 g/mol. The third kappa shape index (κ3) is 6.46. The average Bonchev–Trinajstić information content (AvgIpc) is 3.55. The van der Waals surface area contributed by atoms with E-state index < -0.39 is 50.3 Å². The van der Waals surface area contributed by atoms with E-state index in [9.17, 15) is 26.4 Å². The molecule has 0 spiro atoms. The van der Waals surface area contributed by atoms with Gasteiger partial charge in [-0.2, -0.15) is 4.72 Å². The van der Waals surface area contributed by atoms with Gasteiger partial charge in [0.1, 0.15) is 12.6 Å². The number of sulfonamides is 2. The summed E-state index contributed by atoms with van der Waals surface area (Å²) in [6, 6.07) is 13.3. The second kappa shape index (κ2) is 13.5. The van der Waals surface area contributed by atoms with Crippen LogP contribution in [0.2, 0.25) is 0 Å². The number of carbonyl (C=O) groups excluding carboxylic acids is 2. The topological polar surface area (TPSA) is 133 Å². The second-order valence-corrected chi connectivity index (χ2v) is 14.0. The Morgan fingerprint density at radius 3 is 2.12 bits per heavy atom. The minimum absolute atomic E-state index is 0.00390. The van der Waals surface area contributed by atoms with Crippen LogP contribution >= 0.6 is 12.2 Å². The van der Waals surface area contributed by atoms with Gasteiger partial charge in [-0.25, -0.2) is 30.8 Å². The van der Waals surface area contributed by atoms with Crippen molar-refractivity contribution in [1.82, 2.24) is 18.8 Å². The number of hydrogen-bond donors (Lipinski definition) is 1. The van der Waals surface area contributed by atoms with Crippen LogP contribution in [0.1, 0.15) is 52.4 Å². The van der Waals surface area contributed by atoms with E-state index in [4.69, 9.17) is 17.0 Å². The number of imide groups is 1. The van der Waals surface area contributed by atoms with Crippen molar-refractivity contribution < 1.29 is 31.2 Å². The number of carbonyl (C=O) groups is 2. The molecule has 0 aromatic heterocycles. The number of cyclic esters (lactones) is 1. The number of benzene rings is 2. The molecule has 228 valence electrons. The summed E-state index contributed by atoms with van der Waals surface area (Å²) < 4.78 is 64.1. The van der Waals surface area contributed by atoms with Gasteiger partial charge in [-0.05, 0) is 49.3 Å². The fourth-order valence-corrected chi connectivity index (χ4v) is 8.74. The van der Waals surface area contributed by atoms with Gasteiger partial charge in [0.15, 0.2) is 5.11 Å². The maximum atomic E-state index is 14.1. The van der Waals surface area contributed by atoms with Crippen LogP contribution < -0.4 is 4.72 Å². The molecule has 2 heterocycles. The summed E-state index contributed by atoms with van der Waals surface area (Å²) in [5.41, 5.74) is 0. The fraction of sp³-hybridized carbons (Fsp3) is 0.464. The summed E-state index contributed by atoms with van der Waals surface area (Å²) in [5, 5.41) is -0.206. The summed E-state index contributed by atoms with van der Waals surface area (Å²) in [7, 11) is -8.37. The van der Waals surface area contributed by atoms with Crippen LogP contribution in [0.3, 0.4) is 0 Å². The Bertz CT molecular complexity index is 1490. The maximum absolute atomic E-state index is 14.1. The lowest BCUT2D eigenvalue weighted by Crippen LogP contribution is -2.58. The van der Waals surface area contributed by atoms with Crippen LogP contribution in [-0.2, 0) is 29.6 Å². The van der Waals surface area contributed by atoms with Crippen molar-refractivity contribution in [3.05, 3.63) is 60.7 Å². The number of unbranched alkanes of at least 4 members (excludes halogenated alkanes) is 2. The standard InChI is InChI=1S/C28H36N4O7S3/c1-3-5-17-23-25(26(33)30-19-20-39-28(30)34)31(27(40)32(23)42(37,38)22-15-11-8-12-16-22)24(18-6-4-2)29-41(35,36)21-13-9-7-10-14-21/h7-16,23-25,29H,3-6,17-20H2,1-2H3/t23-,24-,25+/m0/s1. The van der Waals surface area contributed by atoms with E-state index >= 15 is 0 Å². The number of amides is 2. The summed E-state index contributed by atoms with van der Waals surface area (Å²) in [4.78, 5) is 29.0. The first-order chi connectivity index (χ1) is 20.0. The summed E-state index contributed by atoms with van der Waals surface area (Å²) >= 11 is 5.82. The lowest BCUT2D eigenvalue weighted by molar-refractivity contribution is -0.133. The van der Waals surface area contributed by atoms with Crippen LogP contribution in [0.4, 0.5) is 4.79 Å². The van der Waals surface area contributed by atoms with Crippen LogP contribution in [0.15, 0.2) is 70.5 Å². The van der Waals surface area contributed by atoms with Crippen LogP contribution in [0.5, 0.6) is 0 Å². The van der Waals surface area contributed by atoms with Crippen molar-refractivity contribution in [3.8, 4) is 0 Å². The molecule has 1 N–H and O–H groups in total. The van der Waals surface area contributed by atoms with Crippen molar-refractivity contribution in [1.29, 1.82) is 0 Å². The van der Waals surface area contributed by atoms with Crippen molar-refractivity contribution in [3.63, 3.8) is 0 Å². The molecule has 2 fully saturated rings. The lowest BCUT2D eigenvalue weighted by atomic mass is 10.0. The highest BCUT2D eigenvalue weighted by Crippen LogP contribution is 2.36.